The second-order valence-corrected chi connectivity index (χ2v) is 6.72. The van der Waals surface area contributed by atoms with Crippen molar-refractivity contribution in [3.05, 3.63) is 0 Å². The molecular formula is C15H25N2O3-. The molecule has 0 spiro atoms. The van der Waals surface area contributed by atoms with Crippen LogP contribution in [-0.4, -0.2) is 24.1 Å². The van der Waals surface area contributed by atoms with Crippen molar-refractivity contribution in [3.8, 4) is 0 Å². The van der Waals surface area contributed by atoms with E-state index in [9.17, 15) is 14.7 Å². The van der Waals surface area contributed by atoms with Gasteiger partial charge in [-0.25, -0.2) is 4.79 Å². The molecule has 0 aromatic heterocycles. The van der Waals surface area contributed by atoms with Crippen LogP contribution >= 0.6 is 0 Å². The highest BCUT2D eigenvalue weighted by Gasteiger charge is 2.70. The van der Waals surface area contributed by atoms with Crippen molar-refractivity contribution in [1.29, 1.82) is 0 Å². The van der Waals surface area contributed by atoms with E-state index in [-0.39, 0.29) is 5.41 Å². The summed E-state index contributed by atoms with van der Waals surface area (Å²) in [6.07, 6.45) is 3.25. The molecule has 20 heavy (non-hydrogen) atoms. The van der Waals surface area contributed by atoms with E-state index in [1.54, 1.807) is 0 Å². The molecule has 2 rings (SSSR count). The number of fused-ring (bicyclic) bond motifs is 2. The van der Waals surface area contributed by atoms with Crippen LogP contribution in [0.15, 0.2) is 0 Å². The quantitative estimate of drug-likeness (QED) is 0.807. The van der Waals surface area contributed by atoms with Crippen molar-refractivity contribution >= 4 is 12.0 Å². The van der Waals surface area contributed by atoms with Crippen LogP contribution in [0.3, 0.4) is 0 Å². The fourth-order valence-corrected chi connectivity index (χ4v) is 4.77. The van der Waals surface area contributed by atoms with Gasteiger partial charge in [0.1, 0.15) is 0 Å². The van der Waals surface area contributed by atoms with Gasteiger partial charge in [-0.1, -0.05) is 20.8 Å². The lowest BCUT2D eigenvalue weighted by atomic mass is 9.61. The molecule has 2 bridgehead atoms. The Labute approximate surface area is 120 Å². The minimum atomic E-state index is -1.25. The summed E-state index contributed by atoms with van der Waals surface area (Å²) in [5.41, 5.74) is -1.77. The van der Waals surface area contributed by atoms with E-state index in [1.165, 1.54) is 0 Å². The molecule has 5 heteroatoms. The van der Waals surface area contributed by atoms with Gasteiger partial charge in [0.2, 0.25) is 0 Å². The number of carbonyl (C=O) groups excluding carboxylic acids is 2. The lowest BCUT2D eigenvalue weighted by Gasteiger charge is -2.50. The topological polar surface area (TPSA) is 81.3 Å². The number of nitrogens with one attached hydrogen (secondary N) is 2. The molecule has 2 N–H and O–H groups in total. The first-order valence-electron chi connectivity index (χ1n) is 7.55. The van der Waals surface area contributed by atoms with Crippen LogP contribution in [0.1, 0.15) is 53.4 Å². The van der Waals surface area contributed by atoms with Crippen LogP contribution in [-0.2, 0) is 4.79 Å². The minimum absolute atomic E-state index is 0.0629. The molecule has 0 aromatic carbocycles. The molecule has 0 aliphatic heterocycles. The number of carbonyl (C=O) groups is 2. The highest BCUT2D eigenvalue weighted by Crippen LogP contribution is 2.70. The molecule has 5 nitrogen and oxygen atoms in total. The number of urea groups is 1. The summed E-state index contributed by atoms with van der Waals surface area (Å²) in [5.74, 6) is -0.814. The van der Waals surface area contributed by atoms with Gasteiger partial charge in [0.25, 0.3) is 0 Å². The highest BCUT2D eigenvalue weighted by atomic mass is 16.4. The first-order chi connectivity index (χ1) is 9.27. The number of hydrogen-bond acceptors (Lipinski definition) is 3. The third-order valence-corrected chi connectivity index (χ3v) is 6.40. The summed E-state index contributed by atoms with van der Waals surface area (Å²) in [6.45, 7) is 8.55. The van der Waals surface area contributed by atoms with E-state index >= 15 is 0 Å². The zero-order valence-electron chi connectivity index (χ0n) is 12.8. The summed E-state index contributed by atoms with van der Waals surface area (Å²) in [5, 5.41) is 17.3. The molecule has 0 heterocycles. The zero-order chi connectivity index (χ0) is 15.2. The van der Waals surface area contributed by atoms with E-state index in [2.05, 4.69) is 24.5 Å². The van der Waals surface area contributed by atoms with Crippen molar-refractivity contribution in [2.75, 3.05) is 6.54 Å². The molecule has 114 valence electrons. The second kappa shape index (κ2) is 4.64. The average Bonchev–Trinajstić information content (AvgIpc) is 2.73. The smallest absolute Gasteiger partial charge is 0.315 e. The molecule has 0 aromatic rings. The second-order valence-electron chi connectivity index (χ2n) is 6.72. The van der Waals surface area contributed by atoms with E-state index < -0.39 is 23.0 Å². The fraction of sp³-hybridized carbons (Fsp3) is 0.867. The highest BCUT2D eigenvalue weighted by molar-refractivity contribution is 5.87. The average molecular weight is 281 g/mol. The van der Waals surface area contributed by atoms with Crippen LogP contribution in [0.4, 0.5) is 4.79 Å². The molecule has 0 unspecified atom stereocenters. The number of carboxylic acid groups (broad SMARTS) is 1. The van der Waals surface area contributed by atoms with Gasteiger partial charge in [-0.05, 0) is 43.9 Å². The Morgan fingerprint density at radius 3 is 2.40 bits per heavy atom. The maximum Gasteiger partial charge on any atom is 0.315 e. The van der Waals surface area contributed by atoms with Gasteiger partial charge in [-0.2, -0.15) is 0 Å². The molecule has 2 aliphatic carbocycles. The summed E-state index contributed by atoms with van der Waals surface area (Å²) >= 11 is 0. The fourth-order valence-electron chi connectivity index (χ4n) is 4.77. The number of rotatable bonds is 4. The molecule has 2 fully saturated rings. The maximum absolute atomic E-state index is 11.9. The predicted molar refractivity (Wildman–Crippen MR) is 73.8 cm³/mol. The number of carboxylic acids is 1. The lowest BCUT2D eigenvalue weighted by Crippen LogP contribution is -2.69. The van der Waals surface area contributed by atoms with Gasteiger partial charge in [-0.3, -0.25) is 0 Å². The van der Waals surface area contributed by atoms with E-state index in [4.69, 9.17) is 0 Å². The van der Waals surface area contributed by atoms with Crippen LogP contribution in [0.2, 0.25) is 0 Å². The number of aliphatic carboxylic acids is 1. The molecule has 2 aliphatic rings. The van der Waals surface area contributed by atoms with Crippen LogP contribution < -0.4 is 15.7 Å². The maximum atomic E-state index is 11.9. The Morgan fingerprint density at radius 1 is 1.30 bits per heavy atom. The minimum Gasteiger partial charge on any atom is -0.548 e. The van der Waals surface area contributed by atoms with Gasteiger partial charge in [-0.15, -0.1) is 0 Å². The Kier molecular flexibility index (Phi) is 3.51. The van der Waals surface area contributed by atoms with Crippen molar-refractivity contribution in [2.45, 2.75) is 58.9 Å². The van der Waals surface area contributed by atoms with Crippen molar-refractivity contribution in [1.82, 2.24) is 10.6 Å². The largest absolute Gasteiger partial charge is 0.548 e. The van der Waals surface area contributed by atoms with Gasteiger partial charge < -0.3 is 20.5 Å². The predicted octanol–water partition coefficient (Wildman–Crippen LogP) is 1.03. The number of amides is 2. The Hall–Kier alpha value is -1.26. The molecule has 2 saturated carbocycles. The lowest BCUT2D eigenvalue weighted by molar-refractivity contribution is -0.319. The van der Waals surface area contributed by atoms with Crippen molar-refractivity contribution in [3.63, 3.8) is 0 Å². The standard InChI is InChI=1S/C15H26N2O3/c1-5-13(3)10-7-8-14(13,4)15(9-10,11(18)19)17-12(20)16-6-2/h10H,5-9H2,1-4H3,(H,18,19)(H2,16,17,20)/p-1/t10-,13-,14-,15+/m0/s1. The molecular weight excluding hydrogens is 256 g/mol. The van der Waals surface area contributed by atoms with Crippen LogP contribution in [0.25, 0.3) is 0 Å². The van der Waals surface area contributed by atoms with Gasteiger partial charge in [0.15, 0.2) is 0 Å². The molecule has 2 amide bonds. The van der Waals surface area contributed by atoms with Crippen molar-refractivity contribution in [2.24, 2.45) is 16.7 Å². The molecule has 0 saturated heterocycles. The summed E-state index contributed by atoms with van der Waals surface area (Å²) in [6, 6.07) is -0.413. The first-order valence-corrected chi connectivity index (χ1v) is 7.55. The SMILES string of the molecule is CCNC(=O)N[C@@]1(C(=O)[O-])C[C@@H]2CC[C@@]1(C)[C@@]2(C)CC. The van der Waals surface area contributed by atoms with Crippen molar-refractivity contribution < 1.29 is 14.7 Å². The first kappa shape index (κ1) is 15.1. The molecule has 0 radical (unpaired) electrons. The van der Waals surface area contributed by atoms with Crippen LogP contribution in [0, 0.1) is 16.7 Å². The Morgan fingerprint density at radius 2 is 1.95 bits per heavy atom. The third-order valence-electron chi connectivity index (χ3n) is 6.40. The van der Waals surface area contributed by atoms with Gasteiger partial charge in [0, 0.05) is 12.0 Å². The van der Waals surface area contributed by atoms with E-state index in [0.717, 1.165) is 19.3 Å². The summed E-state index contributed by atoms with van der Waals surface area (Å²) in [4.78, 5) is 23.8. The van der Waals surface area contributed by atoms with Gasteiger partial charge in [0.05, 0.1) is 11.5 Å². The van der Waals surface area contributed by atoms with E-state index in [0.29, 0.717) is 18.9 Å². The normalized spacial score (nSPS) is 42.5. The number of hydrogen-bond donors (Lipinski definition) is 2. The summed E-state index contributed by atoms with van der Waals surface area (Å²) in [7, 11) is 0. The monoisotopic (exact) mass is 281 g/mol. The van der Waals surface area contributed by atoms with Gasteiger partial charge >= 0.3 is 6.03 Å². The summed E-state index contributed by atoms with van der Waals surface area (Å²) < 4.78 is 0. The van der Waals surface area contributed by atoms with E-state index in [1.807, 2.05) is 13.8 Å². The Bertz CT molecular complexity index is 439. The zero-order valence-corrected chi connectivity index (χ0v) is 12.8. The third kappa shape index (κ3) is 1.61. The molecule has 4 atom stereocenters. The van der Waals surface area contributed by atoms with Crippen LogP contribution in [0.5, 0.6) is 0 Å². The Balaban J connectivity index is 2.41.